The molecule has 0 spiro atoms. The summed E-state index contributed by atoms with van der Waals surface area (Å²) in [4.78, 5) is 0. The molecule has 5 heteroatoms. The Bertz CT molecular complexity index is 127. The summed E-state index contributed by atoms with van der Waals surface area (Å²) in [5.41, 5.74) is 3.28. The van der Waals surface area contributed by atoms with Gasteiger partial charge in [0.2, 0.25) is 0 Å². The summed E-state index contributed by atoms with van der Waals surface area (Å²) >= 11 is 0. The molecule has 5 N–H and O–H groups in total. The van der Waals surface area contributed by atoms with Crippen molar-refractivity contribution in [2.45, 2.75) is 17.9 Å². The molecule has 1 aliphatic rings. The molecule has 0 aromatic rings. The first-order valence-electron chi connectivity index (χ1n) is 2.88. The van der Waals surface area contributed by atoms with Crippen LogP contribution in [0.25, 0.3) is 0 Å². The van der Waals surface area contributed by atoms with E-state index in [1.54, 1.807) is 0 Å². The molecule has 0 aromatic carbocycles. The zero-order valence-corrected chi connectivity index (χ0v) is 5.27. The van der Waals surface area contributed by atoms with Crippen LogP contribution in [0.2, 0.25) is 0 Å². The SMILES string of the molecule is N[C@@]1(O)[CH]O[C@H](CO)[C@H]1O. The normalized spacial score (nSPS) is 48.0. The van der Waals surface area contributed by atoms with Gasteiger partial charge in [0, 0.05) is 0 Å². The highest BCUT2D eigenvalue weighted by atomic mass is 16.5. The van der Waals surface area contributed by atoms with Gasteiger partial charge in [-0.3, -0.25) is 5.73 Å². The van der Waals surface area contributed by atoms with Crippen LogP contribution in [0.1, 0.15) is 0 Å². The van der Waals surface area contributed by atoms with E-state index in [4.69, 9.17) is 21.1 Å². The number of hydrogen-bond donors (Lipinski definition) is 4. The van der Waals surface area contributed by atoms with Gasteiger partial charge in [-0.15, -0.1) is 0 Å². The van der Waals surface area contributed by atoms with Gasteiger partial charge in [-0.2, -0.15) is 0 Å². The highest BCUT2D eigenvalue weighted by Crippen LogP contribution is 2.22. The molecule has 59 valence electrons. The van der Waals surface area contributed by atoms with Crippen molar-refractivity contribution in [2.75, 3.05) is 6.61 Å². The van der Waals surface area contributed by atoms with E-state index in [1.165, 1.54) is 0 Å². The first kappa shape index (κ1) is 7.90. The summed E-state index contributed by atoms with van der Waals surface area (Å²) in [7, 11) is 0. The van der Waals surface area contributed by atoms with Crippen molar-refractivity contribution in [2.24, 2.45) is 5.73 Å². The Balaban J connectivity index is 2.58. The van der Waals surface area contributed by atoms with Gasteiger partial charge in [-0.1, -0.05) is 0 Å². The molecule has 1 fully saturated rings. The van der Waals surface area contributed by atoms with Gasteiger partial charge in [0.15, 0.2) is 5.72 Å². The van der Waals surface area contributed by atoms with Crippen LogP contribution in [0, 0.1) is 6.61 Å². The third-order valence-electron chi connectivity index (χ3n) is 1.44. The Labute approximate surface area is 58.0 Å². The summed E-state index contributed by atoms with van der Waals surface area (Å²) in [6.45, 7) is 0.551. The maximum Gasteiger partial charge on any atom is 0.171 e. The van der Waals surface area contributed by atoms with Gasteiger partial charge < -0.3 is 20.1 Å². The molecule has 0 saturated carbocycles. The number of aliphatic hydroxyl groups is 3. The average molecular weight is 148 g/mol. The maximum atomic E-state index is 9.03. The largest absolute Gasteiger partial charge is 0.394 e. The smallest absolute Gasteiger partial charge is 0.171 e. The maximum absolute atomic E-state index is 9.03. The second-order valence-corrected chi connectivity index (χ2v) is 2.31. The van der Waals surface area contributed by atoms with Crippen molar-refractivity contribution in [3.8, 4) is 0 Å². The van der Waals surface area contributed by atoms with Gasteiger partial charge in [-0.05, 0) is 0 Å². The van der Waals surface area contributed by atoms with Crippen LogP contribution in [0.3, 0.4) is 0 Å². The second kappa shape index (κ2) is 2.44. The molecule has 1 aliphatic heterocycles. The van der Waals surface area contributed by atoms with E-state index in [9.17, 15) is 0 Å². The Hall–Kier alpha value is -0.200. The van der Waals surface area contributed by atoms with Crippen molar-refractivity contribution >= 4 is 0 Å². The van der Waals surface area contributed by atoms with Crippen molar-refractivity contribution in [3.63, 3.8) is 0 Å². The van der Waals surface area contributed by atoms with Crippen LogP contribution >= 0.6 is 0 Å². The fraction of sp³-hybridized carbons (Fsp3) is 0.800. The Morgan fingerprint density at radius 2 is 2.30 bits per heavy atom. The van der Waals surface area contributed by atoms with Gasteiger partial charge >= 0.3 is 0 Å². The first-order chi connectivity index (χ1) is 4.58. The zero-order valence-electron chi connectivity index (χ0n) is 5.27. The Morgan fingerprint density at radius 1 is 1.70 bits per heavy atom. The van der Waals surface area contributed by atoms with E-state index in [1.807, 2.05) is 0 Å². The fourth-order valence-electron chi connectivity index (χ4n) is 0.781. The van der Waals surface area contributed by atoms with Gasteiger partial charge in [0.25, 0.3) is 0 Å². The molecule has 0 aromatic heterocycles. The number of aliphatic hydroxyl groups excluding tert-OH is 2. The predicted octanol–water partition coefficient (Wildman–Crippen LogP) is -2.45. The molecule has 1 saturated heterocycles. The minimum Gasteiger partial charge on any atom is -0.394 e. The molecule has 0 amide bonds. The molecule has 0 aliphatic carbocycles. The van der Waals surface area contributed by atoms with Gasteiger partial charge in [0.05, 0.1) is 6.61 Å². The summed E-state index contributed by atoms with van der Waals surface area (Å²) < 4.78 is 4.63. The highest BCUT2D eigenvalue weighted by molar-refractivity contribution is 4.99. The average Bonchev–Trinajstić information content (AvgIpc) is 2.10. The Kier molecular flexibility index (Phi) is 1.93. The topological polar surface area (TPSA) is 95.9 Å². The summed E-state index contributed by atoms with van der Waals surface area (Å²) in [6, 6.07) is 0. The second-order valence-electron chi connectivity index (χ2n) is 2.31. The molecule has 1 heterocycles. The van der Waals surface area contributed by atoms with Gasteiger partial charge in [-0.25, -0.2) is 0 Å². The lowest BCUT2D eigenvalue weighted by molar-refractivity contribution is -0.0471. The molecule has 1 rings (SSSR count). The van der Waals surface area contributed by atoms with Crippen LogP contribution in [0.15, 0.2) is 0 Å². The third-order valence-corrected chi connectivity index (χ3v) is 1.44. The van der Waals surface area contributed by atoms with E-state index in [0.717, 1.165) is 6.61 Å². The van der Waals surface area contributed by atoms with Crippen LogP contribution in [0.5, 0.6) is 0 Å². The quantitative estimate of drug-likeness (QED) is 0.309. The molecular weight excluding hydrogens is 138 g/mol. The molecular formula is C5H10NO4. The first-order valence-corrected chi connectivity index (χ1v) is 2.88. The van der Waals surface area contributed by atoms with Crippen LogP contribution in [-0.2, 0) is 4.74 Å². The molecule has 0 unspecified atom stereocenters. The minimum absolute atomic E-state index is 0.364. The van der Waals surface area contributed by atoms with Crippen molar-refractivity contribution < 1.29 is 20.1 Å². The van der Waals surface area contributed by atoms with E-state index >= 15 is 0 Å². The van der Waals surface area contributed by atoms with E-state index in [0.29, 0.717) is 0 Å². The van der Waals surface area contributed by atoms with Crippen LogP contribution in [0.4, 0.5) is 0 Å². The number of rotatable bonds is 1. The lowest BCUT2D eigenvalue weighted by Crippen LogP contribution is -2.50. The predicted molar refractivity (Wildman–Crippen MR) is 31.4 cm³/mol. The zero-order chi connectivity index (χ0) is 7.78. The lowest BCUT2D eigenvalue weighted by Gasteiger charge is -2.19. The van der Waals surface area contributed by atoms with E-state index in [-0.39, 0.29) is 6.61 Å². The number of nitrogens with two attached hydrogens (primary N) is 1. The summed E-state index contributed by atoms with van der Waals surface area (Å²) in [5, 5.41) is 26.5. The minimum atomic E-state index is -1.83. The van der Waals surface area contributed by atoms with Crippen LogP contribution in [-0.4, -0.2) is 39.9 Å². The van der Waals surface area contributed by atoms with E-state index in [2.05, 4.69) is 4.74 Å². The van der Waals surface area contributed by atoms with Crippen LogP contribution < -0.4 is 5.73 Å². The van der Waals surface area contributed by atoms with Gasteiger partial charge in [0.1, 0.15) is 18.8 Å². The highest BCUT2D eigenvalue weighted by Gasteiger charge is 2.45. The number of ether oxygens (including phenoxy) is 1. The van der Waals surface area contributed by atoms with E-state index < -0.39 is 17.9 Å². The monoisotopic (exact) mass is 148 g/mol. The molecule has 0 bridgehead atoms. The van der Waals surface area contributed by atoms with Crippen molar-refractivity contribution in [1.29, 1.82) is 0 Å². The fourth-order valence-corrected chi connectivity index (χ4v) is 0.781. The molecule has 10 heavy (non-hydrogen) atoms. The number of hydrogen-bond acceptors (Lipinski definition) is 5. The Morgan fingerprint density at radius 3 is 2.50 bits per heavy atom. The third kappa shape index (κ3) is 1.14. The molecule has 5 nitrogen and oxygen atoms in total. The molecule has 3 atom stereocenters. The molecule has 1 radical (unpaired) electrons. The summed E-state index contributed by atoms with van der Waals surface area (Å²) in [5.74, 6) is 0. The van der Waals surface area contributed by atoms with Crippen molar-refractivity contribution in [3.05, 3.63) is 6.61 Å². The summed E-state index contributed by atoms with van der Waals surface area (Å²) in [6.07, 6.45) is -2.06. The van der Waals surface area contributed by atoms with Crippen molar-refractivity contribution in [1.82, 2.24) is 0 Å². The standard InChI is InChI=1S/C5H10NO4/c6-5(9)2-10-3(1-7)4(5)8/h2-4,7-9H,1,6H2/t3-,4-,5-/m1/s1. The lowest BCUT2D eigenvalue weighted by atomic mass is 10.1.